The number of sulfonamides is 1. The minimum atomic E-state index is -3.56. The summed E-state index contributed by atoms with van der Waals surface area (Å²) in [5, 5.41) is 7.11. The van der Waals surface area contributed by atoms with Crippen LogP contribution in [0.4, 0.5) is 5.69 Å². The number of rotatable bonds is 5. The number of nitrogens with zero attached hydrogens (tertiary/aromatic N) is 1. The second kappa shape index (κ2) is 8.94. The Morgan fingerprint density at radius 1 is 0.788 bits per heavy atom. The molecule has 6 nitrogen and oxygen atoms in total. The highest BCUT2D eigenvalue weighted by molar-refractivity contribution is 7.89. The average molecular weight is 461 g/mol. The summed E-state index contributed by atoms with van der Waals surface area (Å²) in [4.78, 5) is 14.0. The second-order valence-corrected chi connectivity index (χ2v) is 10.4. The van der Waals surface area contributed by atoms with Gasteiger partial charge in [0.05, 0.1) is 31.1 Å². The predicted octanol–water partition coefficient (Wildman–Crippen LogP) is 2.52. The quantitative estimate of drug-likeness (QED) is 0.481. The molecule has 1 heterocycles. The zero-order valence-corrected chi connectivity index (χ0v) is 19.0. The van der Waals surface area contributed by atoms with Gasteiger partial charge in [-0.2, -0.15) is 4.31 Å². The van der Waals surface area contributed by atoms with E-state index in [1.165, 1.54) is 4.31 Å². The Labute approximate surface area is 193 Å². The molecule has 0 saturated carbocycles. The second-order valence-electron chi connectivity index (χ2n) is 8.45. The van der Waals surface area contributed by atoms with Crippen LogP contribution < -0.4 is 10.2 Å². The number of hydrogen-bond donors (Lipinski definition) is 2. The zero-order valence-electron chi connectivity index (χ0n) is 18.2. The molecule has 168 valence electrons. The van der Waals surface area contributed by atoms with Gasteiger partial charge >= 0.3 is 0 Å². The fraction of sp³-hybridized carbons (Fsp3) is 0.192. The number of carbonyl (C=O) groups is 1. The largest absolute Gasteiger partial charge is 0.325 e. The Morgan fingerprint density at radius 2 is 1.36 bits per heavy atom. The third kappa shape index (κ3) is 4.61. The van der Waals surface area contributed by atoms with Gasteiger partial charge in [-0.1, -0.05) is 60.7 Å². The first-order chi connectivity index (χ1) is 16.0. The lowest BCUT2D eigenvalue weighted by molar-refractivity contribution is -0.895. The van der Waals surface area contributed by atoms with E-state index in [1.54, 1.807) is 12.1 Å². The van der Waals surface area contributed by atoms with Crippen LogP contribution in [0.5, 0.6) is 0 Å². The number of quaternary nitrogens is 1. The Morgan fingerprint density at radius 3 is 2.03 bits per heavy atom. The van der Waals surface area contributed by atoms with Crippen molar-refractivity contribution in [1.82, 2.24) is 4.31 Å². The van der Waals surface area contributed by atoms with Crippen LogP contribution in [0.1, 0.15) is 0 Å². The molecule has 0 unspecified atom stereocenters. The molecule has 4 aromatic rings. The van der Waals surface area contributed by atoms with Crippen LogP contribution in [0.2, 0.25) is 0 Å². The molecular weight excluding hydrogens is 434 g/mol. The lowest BCUT2D eigenvalue weighted by Gasteiger charge is -2.31. The molecule has 1 aliphatic heterocycles. The Balaban J connectivity index is 1.19. The highest BCUT2D eigenvalue weighted by Gasteiger charge is 2.31. The van der Waals surface area contributed by atoms with Crippen LogP contribution in [0.15, 0.2) is 89.8 Å². The summed E-state index contributed by atoms with van der Waals surface area (Å²) < 4.78 is 27.8. The first kappa shape index (κ1) is 21.6. The van der Waals surface area contributed by atoms with Gasteiger partial charge in [0.25, 0.3) is 5.91 Å². The number of benzene rings is 4. The lowest BCUT2D eigenvalue weighted by atomic mass is 10.1. The van der Waals surface area contributed by atoms with E-state index in [1.807, 2.05) is 72.8 Å². The van der Waals surface area contributed by atoms with Crippen LogP contribution in [-0.4, -0.2) is 51.4 Å². The van der Waals surface area contributed by atoms with Crippen LogP contribution in [0.3, 0.4) is 0 Å². The minimum absolute atomic E-state index is 0.0638. The smallest absolute Gasteiger partial charge is 0.279 e. The molecule has 33 heavy (non-hydrogen) atoms. The Hall–Kier alpha value is -3.26. The van der Waals surface area contributed by atoms with Crippen molar-refractivity contribution >= 4 is 43.2 Å². The summed E-state index contributed by atoms with van der Waals surface area (Å²) in [5.41, 5.74) is 0.774. The Bertz CT molecular complexity index is 1430. The molecule has 0 radical (unpaired) electrons. The summed E-state index contributed by atoms with van der Waals surface area (Å²) in [6.07, 6.45) is 0. The van der Waals surface area contributed by atoms with E-state index >= 15 is 0 Å². The van der Waals surface area contributed by atoms with Crippen LogP contribution in [0.25, 0.3) is 21.5 Å². The van der Waals surface area contributed by atoms with Crippen molar-refractivity contribution < 1.29 is 18.1 Å². The summed E-state index contributed by atoms with van der Waals surface area (Å²) in [6, 6.07) is 26.9. The van der Waals surface area contributed by atoms with Crippen molar-refractivity contribution in [3.8, 4) is 0 Å². The number of carbonyl (C=O) groups excluding carboxylic acids is 1. The van der Waals surface area contributed by atoms with Crippen LogP contribution in [0, 0.1) is 0 Å². The maximum absolute atomic E-state index is 13.1. The summed E-state index contributed by atoms with van der Waals surface area (Å²) >= 11 is 0. The van der Waals surface area contributed by atoms with Crippen molar-refractivity contribution in [1.29, 1.82) is 0 Å². The normalized spacial score (nSPS) is 15.6. The number of fused-ring (bicyclic) bond motifs is 2. The summed E-state index contributed by atoms with van der Waals surface area (Å²) in [6.45, 7) is 2.30. The molecule has 1 saturated heterocycles. The van der Waals surface area contributed by atoms with Gasteiger partial charge in [-0.3, -0.25) is 4.79 Å². The van der Waals surface area contributed by atoms with Crippen molar-refractivity contribution in [3.63, 3.8) is 0 Å². The number of hydrogen-bond acceptors (Lipinski definition) is 3. The Kier molecular flexibility index (Phi) is 5.85. The summed E-state index contributed by atoms with van der Waals surface area (Å²) in [7, 11) is -3.56. The monoisotopic (exact) mass is 460 g/mol. The highest BCUT2D eigenvalue weighted by atomic mass is 32.2. The molecular formula is C26H26N3O3S+. The fourth-order valence-electron chi connectivity index (χ4n) is 4.40. The van der Waals surface area contributed by atoms with E-state index in [4.69, 9.17) is 0 Å². The van der Waals surface area contributed by atoms with E-state index in [9.17, 15) is 13.2 Å². The third-order valence-electron chi connectivity index (χ3n) is 6.23. The minimum Gasteiger partial charge on any atom is -0.325 e. The van der Waals surface area contributed by atoms with Gasteiger partial charge in [-0.05, 0) is 45.8 Å². The van der Waals surface area contributed by atoms with Gasteiger partial charge in [0.2, 0.25) is 10.0 Å². The number of piperazine rings is 1. The first-order valence-corrected chi connectivity index (χ1v) is 12.5. The van der Waals surface area contributed by atoms with Gasteiger partial charge < -0.3 is 10.2 Å². The van der Waals surface area contributed by atoms with Crippen molar-refractivity contribution in [2.45, 2.75) is 4.90 Å². The van der Waals surface area contributed by atoms with E-state index in [0.29, 0.717) is 37.6 Å². The lowest BCUT2D eigenvalue weighted by Crippen LogP contribution is -3.15. The molecule has 0 spiro atoms. The average Bonchev–Trinajstić information content (AvgIpc) is 2.84. The molecule has 0 atom stereocenters. The zero-order chi connectivity index (χ0) is 22.8. The third-order valence-corrected chi connectivity index (χ3v) is 8.13. The van der Waals surface area contributed by atoms with E-state index in [-0.39, 0.29) is 5.91 Å². The van der Waals surface area contributed by atoms with Crippen molar-refractivity contribution in [2.75, 3.05) is 38.0 Å². The molecule has 1 aliphatic rings. The van der Waals surface area contributed by atoms with Gasteiger partial charge in [0.1, 0.15) is 0 Å². The maximum Gasteiger partial charge on any atom is 0.279 e. The van der Waals surface area contributed by atoms with E-state index in [0.717, 1.165) is 32.1 Å². The molecule has 1 amide bonds. The van der Waals surface area contributed by atoms with Gasteiger partial charge in [-0.25, -0.2) is 8.42 Å². The molecule has 2 N–H and O–H groups in total. The fourth-order valence-corrected chi connectivity index (χ4v) is 5.87. The number of anilines is 1. The first-order valence-electron chi connectivity index (χ1n) is 11.1. The molecule has 7 heteroatoms. The highest BCUT2D eigenvalue weighted by Crippen LogP contribution is 2.22. The SMILES string of the molecule is O=C(C[NH+]1CCN(S(=O)(=O)c2ccc3ccccc3c2)CC1)Nc1ccc2ccccc2c1. The van der Waals surface area contributed by atoms with E-state index < -0.39 is 10.0 Å². The van der Waals surface area contributed by atoms with Crippen molar-refractivity contribution in [2.24, 2.45) is 0 Å². The summed E-state index contributed by atoms with van der Waals surface area (Å²) in [5.74, 6) is -0.0638. The molecule has 0 aromatic heterocycles. The molecule has 4 aromatic carbocycles. The molecule has 0 aliphatic carbocycles. The van der Waals surface area contributed by atoms with Crippen molar-refractivity contribution in [3.05, 3.63) is 84.9 Å². The van der Waals surface area contributed by atoms with Crippen LogP contribution >= 0.6 is 0 Å². The van der Waals surface area contributed by atoms with Crippen LogP contribution in [-0.2, 0) is 14.8 Å². The maximum atomic E-state index is 13.1. The molecule has 0 bridgehead atoms. The predicted molar refractivity (Wildman–Crippen MR) is 131 cm³/mol. The molecule has 5 rings (SSSR count). The topological polar surface area (TPSA) is 70.9 Å². The van der Waals surface area contributed by atoms with Gasteiger partial charge in [0.15, 0.2) is 6.54 Å². The standard InChI is InChI=1S/C26H25N3O3S/c30-26(27-24-11-9-20-5-1-3-7-22(20)17-24)19-28-13-15-29(16-14-28)33(31,32)25-12-10-21-6-2-4-8-23(21)18-25/h1-12,17-18H,13-16,19H2,(H,27,30)/p+1. The van der Waals surface area contributed by atoms with Gasteiger partial charge in [-0.15, -0.1) is 0 Å². The van der Waals surface area contributed by atoms with Gasteiger partial charge in [0, 0.05) is 5.69 Å². The van der Waals surface area contributed by atoms with E-state index in [2.05, 4.69) is 5.32 Å². The molecule has 1 fully saturated rings. The number of amides is 1. The number of nitrogens with one attached hydrogen (secondary N) is 2.